The summed E-state index contributed by atoms with van der Waals surface area (Å²) in [6.45, 7) is 0.708. The van der Waals surface area contributed by atoms with Gasteiger partial charge < -0.3 is 34.5 Å². The van der Waals surface area contributed by atoms with Gasteiger partial charge in [0.05, 0.1) is 33.5 Å². The van der Waals surface area contributed by atoms with E-state index in [4.69, 9.17) is 14.2 Å². The first-order valence-corrected chi connectivity index (χ1v) is 8.20. The molecular formula is C17H23N3O7. The number of ether oxygens (including phenoxy) is 3. The van der Waals surface area contributed by atoms with Crippen molar-refractivity contribution in [2.75, 3.05) is 27.9 Å². The molecule has 10 nitrogen and oxygen atoms in total. The number of aliphatic carboxylic acids is 1. The summed E-state index contributed by atoms with van der Waals surface area (Å²) >= 11 is 0. The predicted molar refractivity (Wildman–Crippen MR) is 91.4 cm³/mol. The molecule has 3 N–H and O–H groups in total. The van der Waals surface area contributed by atoms with Crippen LogP contribution in [0.5, 0.6) is 17.2 Å². The van der Waals surface area contributed by atoms with Crippen LogP contribution in [0.4, 0.5) is 0 Å². The van der Waals surface area contributed by atoms with E-state index in [2.05, 4.69) is 5.10 Å². The Morgan fingerprint density at radius 3 is 2.30 bits per heavy atom. The second-order valence-electron chi connectivity index (χ2n) is 5.90. The number of carbonyl (C=O) groups excluding carboxylic acids is 2. The van der Waals surface area contributed by atoms with E-state index in [0.29, 0.717) is 28.5 Å². The zero-order valence-electron chi connectivity index (χ0n) is 15.6. The van der Waals surface area contributed by atoms with Crippen molar-refractivity contribution in [1.29, 1.82) is 0 Å². The van der Waals surface area contributed by atoms with Gasteiger partial charge in [-0.1, -0.05) is 0 Å². The molecule has 0 radical (unpaired) electrons. The molecule has 0 saturated heterocycles. The number of carboxylic acids is 1. The van der Waals surface area contributed by atoms with Crippen LogP contribution in [0.3, 0.4) is 0 Å². The number of aliphatic hydroxyl groups excluding tert-OH is 1. The number of hydrogen-bond donors (Lipinski definition) is 2. The molecule has 2 rings (SSSR count). The molecule has 0 saturated carbocycles. The molecule has 0 aromatic heterocycles. The summed E-state index contributed by atoms with van der Waals surface area (Å²) in [6.07, 6.45) is -0.353. The predicted octanol–water partition coefficient (Wildman–Crippen LogP) is -2.33. The van der Waals surface area contributed by atoms with Crippen molar-refractivity contribution in [2.45, 2.75) is 25.6 Å². The van der Waals surface area contributed by atoms with Gasteiger partial charge in [0.15, 0.2) is 23.7 Å². The van der Waals surface area contributed by atoms with Crippen molar-refractivity contribution in [3.63, 3.8) is 0 Å². The average Bonchev–Trinajstić information content (AvgIpc) is 3.08. The molecule has 0 spiro atoms. The van der Waals surface area contributed by atoms with Crippen LogP contribution in [-0.4, -0.2) is 67.8 Å². The van der Waals surface area contributed by atoms with Gasteiger partial charge in [-0.3, -0.25) is 4.79 Å². The molecule has 1 amide bonds. The monoisotopic (exact) mass is 381 g/mol. The van der Waals surface area contributed by atoms with Gasteiger partial charge >= 0.3 is 0 Å². The zero-order valence-corrected chi connectivity index (χ0v) is 15.6. The van der Waals surface area contributed by atoms with Crippen molar-refractivity contribution in [3.05, 3.63) is 17.7 Å². The Balaban J connectivity index is 2.37. The van der Waals surface area contributed by atoms with Gasteiger partial charge in [-0.2, -0.15) is 10.1 Å². The quantitative estimate of drug-likeness (QED) is 0.515. The molecule has 27 heavy (non-hydrogen) atoms. The number of benzene rings is 1. The van der Waals surface area contributed by atoms with E-state index in [9.17, 15) is 19.8 Å². The Kier molecular flexibility index (Phi) is 6.59. The lowest BCUT2D eigenvalue weighted by Gasteiger charge is -2.23. The smallest absolute Gasteiger partial charge is 0.244 e. The molecule has 0 fully saturated rings. The van der Waals surface area contributed by atoms with Gasteiger partial charge in [0.1, 0.15) is 12.6 Å². The normalized spacial score (nSPS) is 17.3. The Morgan fingerprint density at radius 1 is 1.30 bits per heavy atom. The molecular weight excluding hydrogens is 358 g/mol. The van der Waals surface area contributed by atoms with Crippen LogP contribution in [-0.2, 0) is 9.59 Å². The lowest BCUT2D eigenvalue weighted by Crippen LogP contribution is -3.00. The van der Waals surface area contributed by atoms with E-state index < -0.39 is 24.8 Å². The summed E-state index contributed by atoms with van der Waals surface area (Å²) in [5, 5.41) is 27.2. The van der Waals surface area contributed by atoms with E-state index in [1.807, 2.05) is 0 Å². The Bertz CT molecular complexity index is 725. The largest absolute Gasteiger partial charge is 0.544 e. The number of carbonyl (C=O) groups is 2. The highest BCUT2D eigenvalue weighted by atomic mass is 16.5. The summed E-state index contributed by atoms with van der Waals surface area (Å²) in [7, 11) is 4.47. The third kappa shape index (κ3) is 4.29. The van der Waals surface area contributed by atoms with Crippen LogP contribution in [0.2, 0.25) is 0 Å². The SMILES string of the molecule is COc1cc(C2=NN(C(C)=O)[C@H]([NH2+][C@@H](CO)C(=O)[O-])C2)cc(OC)c1OC. The number of methoxy groups -OCH3 is 3. The molecule has 1 aliphatic heterocycles. The van der Waals surface area contributed by atoms with Crippen molar-refractivity contribution in [1.82, 2.24) is 5.01 Å². The van der Waals surface area contributed by atoms with E-state index in [0.717, 1.165) is 0 Å². The molecule has 1 heterocycles. The van der Waals surface area contributed by atoms with Crippen LogP contribution in [0.25, 0.3) is 0 Å². The Morgan fingerprint density at radius 2 is 1.89 bits per heavy atom. The maximum atomic E-state index is 11.9. The number of nitrogens with two attached hydrogens (primary N) is 1. The summed E-state index contributed by atoms with van der Waals surface area (Å²) in [5.41, 5.74) is 1.18. The van der Waals surface area contributed by atoms with Gasteiger partial charge in [0, 0.05) is 12.5 Å². The fraction of sp³-hybridized carbons (Fsp3) is 0.471. The summed E-state index contributed by atoms with van der Waals surface area (Å²) in [5.74, 6) is -0.485. The number of hydrogen-bond acceptors (Lipinski definition) is 8. The Hall–Kier alpha value is -2.85. The number of aliphatic hydroxyl groups is 1. The number of hydrazone groups is 1. The molecule has 148 valence electrons. The van der Waals surface area contributed by atoms with Crippen molar-refractivity contribution in [2.24, 2.45) is 5.10 Å². The lowest BCUT2D eigenvalue weighted by molar-refractivity contribution is -0.729. The second kappa shape index (κ2) is 8.69. The van der Waals surface area contributed by atoms with Crippen molar-refractivity contribution in [3.8, 4) is 17.2 Å². The molecule has 1 aliphatic rings. The van der Waals surface area contributed by atoms with E-state index in [-0.39, 0.29) is 12.3 Å². The standard InChI is InChI=1S/C17H23N3O7/c1-9(22)20-15(18-12(8-21)17(23)24)7-11(19-20)10-5-13(25-2)16(27-4)14(6-10)26-3/h5-6,12,15,18,21H,7-8H2,1-4H3,(H,23,24)/t12-,15-/m0/s1. The topological polar surface area (TPSA) is 137 Å². The van der Waals surface area contributed by atoms with Gasteiger partial charge in [0.25, 0.3) is 0 Å². The minimum absolute atomic E-state index is 0.266. The van der Waals surface area contributed by atoms with Gasteiger partial charge in [-0.25, -0.2) is 0 Å². The molecule has 0 aliphatic carbocycles. The third-order valence-corrected chi connectivity index (χ3v) is 4.22. The van der Waals surface area contributed by atoms with E-state index in [1.54, 1.807) is 12.1 Å². The van der Waals surface area contributed by atoms with Crippen LogP contribution in [0, 0.1) is 0 Å². The first-order chi connectivity index (χ1) is 12.9. The summed E-state index contributed by atoms with van der Waals surface area (Å²) in [4.78, 5) is 23.0. The van der Waals surface area contributed by atoms with Crippen molar-refractivity contribution >= 4 is 17.6 Å². The maximum absolute atomic E-state index is 11.9. The zero-order chi connectivity index (χ0) is 20.1. The fourth-order valence-corrected chi connectivity index (χ4v) is 2.89. The van der Waals surface area contributed by atoms with Crippen molar-refractivity contribution < 1.29 is 39.3 Å². The maximum Gasteiger partial charge on any atom is 0.244 e. The molecule has 10 heteroatoms. The van der Waals surface area contributed by atoms with Gasteiger partial charge in [0.2, 0.25) is 11.7 Å². The molecule has 1 aromatic rings. The third-order valence-electron chi connectivity index (χ3n) is 4.22. The first-order valence-electron chi connectivity index (χ1n) is 8.20. The number of carboxylic acid groups (broad SMARTS) is 1. The summed E-state index contributed by atoms with van der Waals surface area (Å²) in [6, 6.07) is 2.19. The second-order valence-corrected chi connectivity index (χ2v) is 5.90. The van der Waals surface area contributed by atoms with Crippen LogP contribution in [0.1, 0.15) is 18.9 Å². The fourth-order valence-electron chi connectivity index (χ4n) is 2.89. The number of quaternary nitrogens is 1. The minimum Gasteiger partial charge on any atom is -0.544 e. The first kappa shape index (κ1) is 20.5. The summed E-state index contributed by atoms with van der Waals surface area (Å²) < 4.78 is 15.9. The molecule has 2 atom stereocenters. The highest BCUT2D eigenvalue weighted by molar-refractivity contribution is 6.03. The Labute approximate surface area is 156 Å². The number of amides is 1. The molecule has 1 aromatic carbocycles. The molecule has 0 bridgehead atoms. The van der Waals surface area contributed by atoms with Gasteiger partial charge in [-0.05, 0) is 12.1 Å². The number of nitrogens with zero attached hydrogens (tertiary/aromatic N) is 2. The van der Waals surface area contributed by atoms with Crippen LogP contribution in [0.15, 0.2) is 17.2 Å². The average molecular weight is 381 g/mol. The van der Waals surface area contributed by atoms with Crippen LogP contribution < -0.4 is 24.6 Å². The highest BCUT2D eigenvalue weighted by Crippen LogP contribution is 2.39. The van der Waals surface area contributed by atoms with E-state index >= 15 is 0 Å². The number of rotatable bonds is 8. The minimum atomic E-state index is -1.41. The van der Waals surface area contributed by atoms with Crippen LogP contribution >= 0.6 is 0 Å². The highest BCUT2D eigenvalue weighted by Gasteiger charge is 2.35. The van der Waals surface area contributed by atoms with Gasteiger partial charge in [-0.15, -0.1) is 0 Å². The lowest BCUT2D eigenvalue weighted by atomic mass is 10.0. The van der Waals surface area contributed by atoms with E-state index in [1.165, 1.54) is 38.6 Å². The molecule has 0 unspecified atom stereocenters.